The van der Waals surface area contributed by atoms with E-state index in [-0.39, 0.29) is 11.5 Å². The lowest BCUT2D eigenvalue weighted by Gasteiger charge is -2.53. The first-order valence-corrected chi connectivity index (χ1v) is 8.62. The molecule has 1 N–H and O–H groups in total. The summed E-state index contributed by atoms with van der Waals surface area (Å²) in [4.78, 5) is 11.7. The summed E-state index contributed by atoms with van der Waals surface area (Å²) < 4.78 is 0. The summed E-state index contributed by atoms with van der Waals surface area (Å²) in [6.07, 6.45) is 10.2. The molecule has 21 heavy (non-hydrogen) atoms. The molecule has 0 aliphatic heterocycles. The Hall–Kier alpha value is -0.890. The van der Waals surface area contributed by atoms with Crippen LogP contribution in [0.3, 0.4) is 0 Å². The van der Waals surface area contributed by atoms with Gasteiger partial charge < -0.3 is 5.11 Å². The van der Waals surface area contributed by atoms with E-state index in [9.17, 15) is 9.90 Å². The predicted octanol–water partition coefficient (Wildman–Crippen LogP) is 3.66. The van der Waals surface area contributed by atoms with Crippen LogP contribution < -0.4 is 0 Å². The minimum Gasteiger partial charge on any atom is -0.392 e. The van der Waals surface area contributed by atoms with Crippen LogP contribution in [-0.4, -0.2) is 17.0 Å². The Morgan fingerprint density at radius 1 is 1.33 bits per heavy atom. The molecule has 0 spiro atoms. The molecule has 0 heterocycles. The quantitative estimate of drug-likeness (QED) is 0.690. The molecule has 0 aromatic rings. The minimum absolute atomic E-state index is 0.0289. The highest BCUT2D eigenvalue weighted by atomic mass is 16.3. The van der Waals surface area contributed by atoms with Gasteiger partial charge in [-0.2, -0.15) is 0 Å². The van der Waals surface area contributed by atoms with E-state index in [4.69, 9.17) is 0 Å². The lowest BCUT2D eigenvalue weighted by molar-refractivity contribution is -0.115. The van der Waals surface area contributed by atoms with Gasteiger partial charge in [-0.15, -0.1) is 0 Å². The number of hydrogen-bond acceptors (Lipinski definition) is 2. The van der Waals surface area contributed by atoms with E-state index < -0.39 is 0 Å². The number of aliphatic hydroxyl groups is 1. The molecule has 0 amide bonds. The zero-order chi connectivity index (χ0) is 14.8. The molecule has 4 rings (SSSR count). The van der Waals surface area contributed by atoms with E-state index in [0.29, 0.717) is 29.5 Å². The van der Waals surface area contributed by atoms with Gasteiger partial charge in [0.2, 0.25) is 0 Å². The summed E-state index contributed by atoms with van der Waals surface area (Å²) >= 11 is 0. The maximum Gasteiger partial charge on any atom is 0.155 e. The Balaban J connectivity index is 1.71. The number of rotatable bonds is 0. The highest BCUT2D eigenvalue weighted by Gasteiger charge is 2.53. The van der Waals surface area contributed by atoms with Crippen LogP contribution >= 0.6 is 0 Å². The third kappa shape index (κ3) is 1.84. The number of carbonyl (C=O) groups excluding carboxylic acids is 1. The number of allylic oxidation sites excluding steroid dienone is 2. The van der Waals surface area contributed by atoms with Crippen LogP contribution in [0.25, 0.3) is 0 Å². The van der Waals surface area contributed by atoms with Crippen LogP contribution in [0.2, 0.25) is 0 Å². The van der Waals surface area contributed by atoms with Crippen LogP contribution in [-0.2, 0) is 4.79 Å². The van der Waals surface area contributed by atoms with Gasteiger partial charge in [-0.05, 0) is 61.9 Å². The maximum atomic E-state index is 11.7. The number of aliphatic hydroxyl groups excluding tert-OH is 1. The Labute approximate surface area is 127 Å². The zero-order valence-electron chi connectivity index (χ0n) is 13.1. The Morgan fingerprint density at radius 3 is 2.95 bits per heavy atom. The Bertz CT molecular complexity index is 544. The van der Waals surface area contributed by atoms with Crippen molar-refractivity contribution in [1.82, 2.24) is 0 Å². The lowest BCUT2D eigenvalue weighted by atomic mass is 9.51. The molecular weight excluding hydrogens is 260 g/mol. The zero-order valence-corrected chi connectivity index (χ0v) is 13.1. The van der Waals surface area contributed by atoms with Crippen molar-refractivity contribution in [2.24, 2.45) is 29.1 Å². The molecule has 4 aliphatic carbocycles. The molecule has 0 saturated heterocycles. The van der Waals surface area contributed by atoms with Gasteiger partial charge in [0.1, 0.15) is 0 Å². The van der Waals surface area contributed by atoms with Crippen molar-refractivity contribution in [3.05, 3.63) is 23.3 Å². The summed E-state index contributed by atoms with van der Waals surface area (Å²) in [5.74, 6) is 2.92. The van der Waals surface area contributed by atoms with Gasteiger partial charge in [-0.3, -0.25) is 4.79 Å². The molecule has 2 nitrogen and oxygen atoms in total. The van der Waals surface area contributed by atoms with Crippen LogP contribution in [0, 0.1) is 29.1 Å². The standard InChI is InChI=1S/C19H26O2/c1-11-9-12-10-13(20)3-4-14(12)15-7-8-19(2)16(18(11)15)5-6-17(19)21/h5,10-11,14-15,17-18,21H,3-4,6-9H2,1-2H3/t11-,14?,15-,17?,18-,19+/m1/s1. The molecule has 0 bridgehead atoms. The van der Waals surface area contributed by atoms with Crippen LogP contribution in [0.5, 0.6) is 0 Å². The van der Waals surface area contributed by atoms with Crippen LogP contribution in [0.4, 0.5) is 0 Å². The number of ketones is 1. The van der Waals surface area contributed by atoms with Gasteiger partial charge in [-0.1, -0.05) is 31.1 Å². The van der Waals surface area contributed by atoms with Gasteiger partial charge in [0.15, 0.2) is 5.78 Å². The van der Waals surface area contributed by atoms with Gasteiger partial charge in [0.25, 0.3) is 0 Å². The summed E-state index contributed by atoms with van der Waals surface area (Å²) in [7, 11) is 0. The van der Waals surface area contributed by atoms with Gasteiger partial charge >= 0.3 is 0 Å². The molecule has 0 aromatic heterocycles. The average molecular weight is 286 g/mol. The molecule has 2 unspecified atom stereocenters. The fraction of sp³-hybridized carbons (Fsp3) is 0.737. The first-order valence-electron chi connectivity index (χ1n) is 8.62. The van der Waals surface area contributed by atoms with E-state index in [1.807, 2.05) is 6.08 Å². The topological polar surface area (TPSA) is 37.3 Å². The third-order valence-corrected chi connectivity index (χ3v) is 6.99. The summed E-state index contributed by atoms with van der Waals surface area (Å²) in [6.45, 7) is 4.63. The monoisotopic (exact) mass is 286 g/mol. The average Bonchev–Trinajstić information content (AvgIpc) is 2.74. The lowest BCUT2D eigenvalue weighted by Crippen LogP contribution is -2.46. The predicted molar refractivity (Wildman–Crippen MR) is 82.6 cm³/mol. The maximum absolute atomic E-state index is 11.7. The van der Waals surface area contributed by atoms with Crippen molar-refractivity contribution in [2.75, 3.05) is 0 Å². The largest absolute Gasteiger partial charge is 0.392 e. The second-order valence-corrected chi connectivity index (χ2v) is 8.07. The van der Waals surface area contributed by atoms with E-state index in [2.05, 4.69) is 19.9 Å². The molecule has 0 radical (unpaired) electrons. The highest BCUT2D eigenvalue weighted by molar-refractivity contribution is 5.91. The summed E-state index contributed by atoms with van der Waals surface area (Å²) in [5, 5.41) is 10.4. The van der Waals surface area contributed by atoms with Crippen molar-refractivity contribution in [1.29, 1.82) is 0 Å². The molecule has 2 saturated carbocycles. The van der Waals surface area contributed by atoms with Crippen LogP contribution in [0.15, 0.2) is 23.3 Å². The van der Waals surface area contributed by atoms with Crippen molar-refractivity contribution in [3.63, 3.8) is 0 Å². The smallest absolute Gasteiger partial charge is 0.155 e. The molecule has 4 aliphatic rings. The van der Waals surface area contributed by atoms with Gasteiger partial charge in [-0.25, -0.2) is 0 Å². The Morgan fingerprint density at radius 2 is 2.14 bits per heavy atom. The molecule has 114 valence electrons. The fourth-order valence-electron chi connectivity index (χ4n) is 5.88. The minimum atomic E-state index is -0.175. The van der Waals surface area contributed by atoms with E-state index >= 15 is 0 Å². The fourth-order valence-corrected chi connectivity index (χ4v) is 5.88. The van der Waals surface area contributed by atoms with Gasteiger partial charge in [0, 0.05) is 11.8 Å². The first kappa shape index (κ1) is 13.8. The molecule has 0 aromatic carbocycles. The van der Waals surface area contributed by atoms with Crippen molar-refractivity contribution >= 4 is 5.78 Å². The van der Waals surface area contributed by atoms with Crippen molar-refractivity contribution < 1.29 is 9.90 Å². The van der Waals surface area contributed by atoms with E-state index in [1.165, 1.54) is 12.0 Å². The molecule has 2 heteroatoms. The summed E-state index contributed by atoms with van der Waals surface area (Å²) in [6, 6.07) is 0. The number of carbonyl (C=O) groups is 1. The van der Waals surface area contributed by atoms with Crippen molar-refractivity contribution in [2.45, 2.75) is 58.5 Å². The van der Waals surface area contributed by atoms with Gasteiger partial charge in [0.05, 0.1) is 6.10 Å². The number of fused-ring (bicyclic) bond motifs is 5. The second-order valence-electron chi connectivity index (χ2n) is 8.07. The van der Waals surface area contributed by atoms with E-state index in [0.717, 1.165) is 32.1 Å². The normalized spacial score (nSPS) is 48.9. The van der Waals surface area contributed by atoms with Crippen molar-refractivity contribution in [3.8, 4) is 0 Å². The number of hydrogen-bond donors (Lipinski definition) is 1. The first-order chi connectivity index (χ1) is 10.0. The molecule has 2 fully saturated rings. The molecule has 6 atom stereocenters. The van der Waals surface area contributed by atoms with Crippen LogP contribution in [0.1, 0.15) is 52.4 Å². The van der Waals surface area contributed by atoms with E-state index in [1.54, 1.807) is 5.57 Å². The summed E-state index contributed by atoms with van der Waals surface area (Å²) in [5.41, 5.74) is 3.01. The highest BCUT2D eigenvalue weighted by Crippen LogP contribution is 2.61. The third-order valence-electron chi connectivity index (χ3n) is 6.99. The SMILES string of the molecule is C[C@@H]1CC2=CC(=O)CCC2[C@H]2CC[C@@]3(C)C(=CCC3O)[C@H]12. The second kappa shape index (κ2) is 4.55. The molecular formula is C19H26O2. The Kier molecular flexibility index (Phi) is 2.98.